The third-order valence-corrected chi connectivity index (χ3v) is 3.85. The monoisotopic (exact) mass is 262 g/mol. The first kappa shape index (κ1) is 12.9. The number of rotatable bonds is 4. The Morgan fingerprint density at radius 2 is 2.22 bits per heavy atom. The molecule has 1 amide bonds. The maximum absolute atomic E-state index is 12.2. The third-order valence-electron chi connectivity index (χ3n) is 2.91. The molecule has 0 unspecified atom stereocenters. The van der Waals surface area contributed by atoms with Crippen LogP contribution in [0.15, 0.2) is 29.2 Å². The van der Waals surface area contributed by atoms with Crippen molar-refractivity contribution < 1.29 is 9.90 Å². The van der Waals surface area contributed by atoms with Crippen LogP contribution in [0.4, 0.5) is 0 Å². The van der Waals surface area contributed by atoms with Gasteiger partial charge in [0.25, 0.3) is 5.91 Å². The van der Waals surface area contributed by atoms with Crippen LogP contribution in [-0.4, -0.2) is 41.4 Å². The van der Waals surface area contributed by atoms with Crippen LogP contribution in [0, 0.1) is 17.2 Å². The molecule has 0 atom stereocenters. The summed E-state index contributed by atoms with van der Waals surface area (Å²) in [6.45, 7) is 1.37. The van der Waals surface area contributed by atoms with Crippen LogP contribution in [-0.2, 0) is 0 Å². The minimum atomic E-state index is -0.0132. The van der Waals surface area contributed by atoms with E-state index in [1.807, 2.05) is 18.2 Å². The lowest BCUT2D eigenvalue weighted by Gasteiger charge is -2.38. The van der Waals surface area contributed by atoms with E-state index >= 15 is 0 Å². The number of hydrogen-bond donors (Lipinski definition) is 1. The smallest absolute Gasteiger partial charge is 0.255 e. The summed E-state index contributed by atoms with van der Waals surface area (Å²) in [5, 5.41) is 17.5. The molecule has 1 aromatic rings. The van der Waals surface area contributed by atoms with Gasteiger partial charge in [0.15, 0.2) is 0 Å². The maximum Gasteiger partial charge on any atom is 0.255 e. The zero-order valence-electron chi connectivity index (χ0n) is 9.87. The van der Waals surface area contributed by atoms with Gasteiger partial charge in [0.05, 0.1) is 17.4 Å². The minimum absolute atomic E-state index is 0.0132. The Morgan fingerprint density at radius 3 is 2.89 bits per heavy atom. The second-order valence-electron chi connectivity index (χ2n) is 4.20. The molecule has 1 N–H and O–H groups in total. The highest BCUT2D eigenvalue weighted by atomic mass is 32.2. The van der Waals surface area contributed by atoms with Crippen molar-refractivity contribution in [1.82, 2.24) is 4.90 Å². The Bertz CT molecular complexity index is 478. The standard InChI is InChI=1S/C13H14N2O2S/c14-5-6-18-12-4-2-1-3-11(12)13(17)15-7-10(8-15)9-16/h1-4,10,16H,6-9H2. The molecule has 94 valence electrons. The number of carbonyl (C=O) groups is 1. The van der Waals surface area contributed by atoms with Crippen LogP contribution in [0.3, 0.4) is 0 Å². The number of aliphatic hydroxyl groups excluding tert-OH is 1. The van der Waals surface area contributed by atoms with Gasteiger partial charge in [0.2, 0.25) is 0 Å². The molecule has 5 heteroatoms. The molecular formula is C13H14N2O2S. The zero-order valence-corrected chi connectivity index (χ0v) is 10.7. The topological polar surface area (TPSA) is 64.3 Å². The van der Waals surface area contributed by atoms with Crippen LogP contribution in [0.25, 0.3) is 0 Å². The van der Waals surface area contributed by atoms with Crippen molar-refractivity contribution in [2.75, 3.05) is 25.4 Å². The van der Waals surface area contributed by atoms with Gasteiger partial charge in [0, 0.05) is 30.5 Å². The third kappa shape index (κ3) is 2.66. The van der Waals surface area contributed by atoms with Crippen molar-refractivity contribution in [3.63, 3.8) is 0 Å². The summed E-state index contributed by atoms with van der Waals surface area (Å²) < 4.78 is 0. The van der Waals surface area contributed by atoms with E-state index in [-0.39, 0.29) is 18.4 Å². The molecule has 1 heterocycles. The summed E-state index contributed by atoms with van der Waals surface area (Å²) in [6, 6.07) is 9.40. The van der Waals surface area contributed by atoms with Crippen LogP contribution in [0.2, 0.25) is 0 Å². The van der Waals surface area contributed by atoms with Crippen molar-refractivity contribution in [3.05, 3.63) is 29.8 Å². The molecule has 1 aliphatic heterocycles. The predicted octanol–water partition coefficient (Wildman–Crippen LogP) is 1.37. The quantitative estimate of drug-likeness (QED) is 0.832. The molecule has 1 fully saturated rings. The van der Waals surface area contributed by atoms with Crippen molar-refractivity contribution in [3.8, 4) is 6.07 Å². The first-order valence-electron chi connectivity index (χ1n) is 5.75. The zero-order chi connectivity index (χ0) is 13.0. The summed E-state index contributed by atoms with van der Waals surface area (Å²) in [7, 11) is 0. The van der Waals surface area contributed by atoms with Gasteiger partial charge in [-0.25, -0.2) is 0 Å². The summed E-state index contributed by atoms with van der Waals surface area (Å²) in [6.07, 6.45) is 0. The minimum Gasteiger partial charge on any atom is -0.396 e. The van der Waals surface area contributed by atoms with Crippen LogP contribution in [0.1, 0.15) is 10.4 Å². The van der Waals surface area contributed by atoms with Crippen molar-refractivity contribution in [1.29, 1.82) is 5.26 Å². The van der Waals surface area contributed by atoms with Gasteiger partial charge in [-0.1, -0.05) is 12.1 Å². The second kappa shape index (κ2) is 5.89. The highest BCUT2D eigenvalue weighted by molar-refractivity contribution is 7.99. The number of thioether (sulfide) groups is 1. The predicted molar refractivity (Wildman–Crippen MR) is 69.3 cm³/mol. The van der Waals surface area contributed by atoms with Crippen LogP contribution in [0.5, 0.6) is 0 Å². The number of likely N-dealkylation sites (tertiary alicyclic amines) is 1. The largest absolute Gasteiger partial charge is 0.396 e. The van der Waals surface area contributed by atoms with E-state index in [1.54, 1.807) is 11.0 Å². The maximum atomic E-state index is 12.2. The fourth-order valence-electron chi connectivity index (χ4n) is 1.90. The van der Waals surface area contributed by atoms with E-state index in [1.165, 1.54) is 11.8 Å². The molecule has 1 aromatic carbocycles. The average molecular weight is 262 g/mol. The first-order valence-corrected chi connectivity index (χ1v) is 6.73. The van der Waals surface area contributed by atoms with Gasteiger partial charge >= 0.3 is 0 Å². The van der Waals surface area contributed by atoms with Crippen LogP contribution < -0.4 is 0 Å². The van der Waals surface area contributed by atoms with Gasteiger partial charge < -0.3 is 10.0 Å². The molecule has 0 bridgehead atoms. The fourth-order valence-corrected chi connectivity index (χ4v) is 2.61. The van der Waals surface area contributed by atoms with Gasteiger partial charge in [-0.05, 0) is 12.1 Å². The summed E-state index contributed by atoms with van der Waals surface area (Å²) >= 11 is 1.38. The van der Waals surface area contributed by atoms with Gasteiger partial charge in [-0.3, -0.25) is 4.79 Å². The summed E-state index contributed by atoms with van der Waals surface area (Å²) in [5.41, 5.74) is 0.647. The Hall–Kier alpha value is -1.51. The summed E-state index contributed by atoms with van der Waals surface area (Å²) in [5.74, 6) is 0.539. The molecule has 1 aliphatic rings. The number of benzene rings is 1. The Balaban J connectivity index is 2.08. The average Bonchev–Trinajstić information content (AvgIpc) is 2.35. The molecule has 18 heavy (non-hydrogen) atoms. The first-order chi connectivity index (χ1) is 8.76. The Labute approximate surface area is 110 Å². The van der Waals surface area contributed by atoms with Crippen molar-refractivity contribution in [2.24, 2.45) is 5.92 Å². The van der Waals surface area contributed by atoms with Gasteiger partial charge in [-0.2, -0.15) is 5.26 Å². The fraction of sp³-hybridized carbons (Fsp3) is 0.385. The van der Waals surface area contributed by atoms with E-state index in [9.17, 15) is 4.79 Å². The molecule has 0 aromatic heterocycles. The number of aliphatic hydroxyl groups is 1. The van der Waals surface area contributed by atoms with Gasteiger partial charge in [0.1, 0.15) is 0 Å². The number of nitrogens with zero attached hydrogens (tertiary/aromatic N) is 2. The molecule has 0 aliphatic carbocycles. The molecule has 0 radical (unpaired) electrons. The number of hydrogen-bond acceptors (Lipinski definition) is 4. The Morgan fingerprint density at radius 1 is 1.50 bits per heavy atom. The van der Waals surface area contributed by atoms with E-state index in [2.05, 4.69) is 6.07 Å². The molecule has 0 spiro atoms. The van der Waals surface area contributed by atoms with E-state index in [4.69, 9.17) is 10.4 Å². The lowest BCUT2D eigenvalue weighted by Crippen LogP contribution is -2.51. The second-order valence-corrected chi connectivity index (χ2v) is 5.22. The van der Waals surface area contributed by atoms with Gasteiger partial charge in [-0.15, -0.1) is 11.8 Å². The SMILES string of the molecule is N#CCSc1ccccc1C(=O)N1CC(CO)C1. The highest BCUT2D eigenvalue weighted by Gasteiger charge is 2.31. The molecular weight excluding hydrogens is 248 g/mol. The van der Waals surface area contributed by atoms with E-state index < -0.39 is 0 Å². The molecule has 0 saturated carbocycles. The molecule has 2 rings (SSSR count). The Kier molecular flexibility index (Phi) is 4.24. The number of nitriles is 1. The van der Waals surface area contributed by atoms with Crippen molar-refractivity contribution >= 4 is 17.7 Å². The van der Waals surface area contributed by atoms with Crippen molar-refractivity contribution in [2.45, 2.75) is 4.90 Å². The summed E-state index contributed by atoms with van der Waals surface area (Å²) in [4.78, 5) is 14.8. The van der Waals surface area contributed by atoms with Crippen LogP contribution >= 0.6 is 11.8 Å². The highest BCUT2D eigenvalue weighted by Crippen LogP contribution is 2.26. The number of carbonyl (C=O) groups excluding carboxylic acids is 1. The molecule has 4 nitrogen and oxygen atoms in total. The normalized spacial score (nSPS) is 15.0. The van der Waals surface area contributed by atoms with E-state index in [0.717, 1.165) is 4.90 Å². The van der Waals surface area contributed by atoms with E-state index in [0.29, 0.717) is 24.4 Å². The lowest BCUT2D eigenvalue weighted by molar-refractivity contribution is 0.0359. The number of amides is 1. The lowest BCUT2D eigenvalue weighted by atomic mass is 10.00. The molecule has 1 saturated heterocycles.